The van der Waals surface area contributed by atoms with Crippen LogP contribution in [-0.4, -0.2) is 225 Å². The highest BCUT2D eigenvalue weighted by Crippen LogP contribution is 2.39. The molecule has 0 aromatic heterocycles. The zero-order chi connectivity index (χ0) is 54.8. The van der Waals surface area contributed by atoms with Crippen molar-refractivity contribution in [1.82, 2.24) is 0 Å². The number of ether oxygens (including phenoxy) is 12. The van der Waals surface area contributed by atoms with Gasteiger partial charge in [0.2, 0.25) is 12.6 Å². The van der Waals surface area contributed by atoms with E-state index in [1.807, 2.05) is 0 Å². The van der Waals surface area contributed by atoms with Crippen molar-refractivity contribution < 1.29 is 132 Å². The number of carbonyl (C=O) groups is 4. The van der Waals surface area contributed by atoms with Crippen molar-refractivity contribution >= 4 is 23.9 Å². The molecule has 0 aliphatic carbocycles. The zero-order valence-corrected chi connectivity index (χ0v) is 41.0. The third kappa shape index (κ3) is 13.7. The summed E-state index contributed by atoms with van der Waals surface area (Å²) in [6.07, 6.45) is -25.2. The first-order valence-corrected chi connectivity index (χ1v) is 23.7. The highest BCUT2D eigenvalue weighted by atomic mass is 16.8. The summed E-state index contributed by atoms with van der Waals surface area (Å²) in [5.41, 5.74) is 0.466. The predicted octanol–water partition coefficient (Wildman–Crippen LogP) is -3.78. The van der Waals surface area contributed by atoms with Crippen LogP contribution < -0.4 is 0 Å². The molecule has 11 N–H and O–H groups in total. The summed E-state index contributed by atoms with van der Waals surface area (Å²) in [5.74, 6) is -6.43. The molecule has 1 aromatic rings. The van der Waals surface area contributed by atoms with Crippen molar-refractivity contribution in [1.29, 1.82) is 0 Å². The first kappa shape index (κ1) is 59.1. The first-order valence-electron chi connectivity index (χ1n) is 23.7. The van der Waals surface area contributed by atoms with Gasteiger partial charge >= 0.3 is 23.9 Å². The number of rotatable bonds is 19. The van der Waals surface area contributed by atoms with Gasteiger partial charge in [0.05, 0.1) is 70.6 Å². The lowest BCUT2D eigenvalue weighted by molar-refractivity contribution is -0.327. The van der Waals surface area contributed by atoms with Gasteiger partial charge < -0.3 is 113 Å². The van der Waals surface area contributed by atoms with E-state index >= 15 is 0 Å². The van der Waals surface area contributed by atoms with Crippen molar-refractivity contribution in [3.05, 3.63) is 76.8 Å². The van der Waals surface area contributed by atoms with E-state index < -0.39 is 173 Å². The standard InChI is InChI=1S/C48H64O27/c1-5-22-24(26(42(62)64-3)17-68-44(22)74-46-39(60)36(57)33(54)28(15-49)70-46)13-31(52)67-19-30-35(56)38(59)41(48(72-30)66-12-11-20-7-9-21(51)10-8-20)73-32(53)14-25-23(6-2)45(69-18-27(25)43(63)65-4)75-47-40(61)37(58)34(55)29(16-50)71-47/h5-10,17-18,24-25,28-30,33-41,44-51,54-61H,11-16,19H2,1-4H3/b22-5+,23-6+/t24?,25?,28-,29-,30-,33-,34-,35-,36+,37+,38+,39-,40-,41-,44+,45+,46+,47+,48-/m1/s1. The van der Waals surface area contributed by atoms with E-state index in [0.717, 1.165) is 26.7 Å². The van der Waals surface area contributed by atoms with Crippen LogP contribution in [0.15, 0.2) is 71.2 Å². The Hall–Kier alpha value is -5.18. The molecule has 1 aromatic carbocycles. The van der Waals surface area contributed by atoms with Crippen LogP contribution in [0.25, 0.3) is 0 Å². The van der Waals surface area contributed by atoms with Crippen LogP contribution in [0.3, 0.4) is 0 Å². The van der Waals surface area contributed by atoms with Gasteiger partial charge in [-0.05, 0) is 38.0 Å². The Labute approximate surface area is 428 Å². The summed E-state index contributed by atoms with van der Waals surface area (Å²) < 4.78 is 66.8. The third-order valence-electron chi connectivity index (χ3n) is 13.1. The Kier molecular flexibility index (Phi) is 21.1. The van der Waals surface area contributed by atoms with E-state index in [2.05, 4.69) is 0 Å². The van der Waals surface area contributed by atoms with E-state index in [4.69, 9.17) is 56.8 Å². The second-order valence-electron chi connectivity index (χ2n) is 17.8. The smallest absolute Gasteiger partial charge is 0.337 e. The SMILES string of the molecule is C/C=C1\C(CC(=O)OC[C@H]2O[C@@H](OCCc3ccc(O)cc3)[C@H](OC(=O)CC3C(C(=O)OC)=CO[C@@H](O[C@@H]4O[C@H](CO)[C@@H](O)[C@H](O)[C@H]4O)/C3=C/C)[C@@H](O)[C@@H]2O)C(C(=O)OC)=CO[C@H]1O[C@@H]1O[C@H](CO)[C@@H](O)[C@H](O)[C@H]1O. The number of aliphatic hydroxyl groups is 10. The largest absolute Gasteiger partial charge is 0.508 e. The fourth-order valence-electron chi connectivity index (χ4n) is 8.88. The second-order valence-corrected chi connectivity index (χ2v) is 17.8. The van der Waals surface area contributed by atoms with Gasteiger partial charge in [-0.1, -0.05) is 24.3 Å². The summed E-state index contributed by atoms with van der Waals surface area (Å²) in [4.78, 5) is 53.6. The highest BCUT2D eigenvalue weighted by Gasteiger charge is 2.51. The molecule has 0 spiro atoms. The molecule has 0 amide bonds. The summed E-state index contributed by atoms with van der Waals surface area (Å²) in [5, 5.41) is 114. The number of esters is 4. The molecule has 5 heterocycles. The molecule has 0 radical (unpaired) electrons. The van der Waals surface area contributed by atoms with Crippen molar-refractivity contribution in [3.8, 4) is 5.75 Å². The van der Waals surface area contributed by atoms with Gasteiger partial charge in [-0.2, -0.15) is 0 Å². The number of methoxy groups -OCH3 is 2. The molecule has 27 heteroatoms. The molecule has 3 saturated heterocycles. The minimum Gasteiger partial charge on any atom is -0.508 e. The number of hydrogen-bond acceptors (Lipinski definition) is 27. The summed E-state index contributed by atoms with van der Waals surface area (Å²) in [7, 11) is 2.14. The van der Waals surface area contributed by atoms with Gasteiger partial charge in [-0.25, -0.2) is 9.59 Å². The quantitative estimate of drug-likeness (QED) is 0.0360. The van der Waals surface area contributed by atoms with Crippen LogP contribution >= 0.6 is 0 Å². The lowest BCUT2D eigenvalue weighted by atomic mass is 9.86. The molecule has 418 valence electrons. The number of carbonyl (C=O) groups excluding carboxylic acids is 4. The van der Waals surface area contributed by atoms with Gasteiger partial charge in [0.25, 0.3) is 0 Å². The van der Waals surface area contributed by atoms with E-state index in [-0.39, 0.29) is 41.1 Å². The molecular formula is C48H64O27. The van der Waals surface area contributed by atoms with Gasteiger partial charge in [0.1, 0.15) is 79.5 Å². The lowest BCUT2D eigenvalue weighted by Crippen LogP contribution is -2.61. The fraction of sp³-hybridized carbons (Fsp3) is 0.625. The maximum atomic E-state index is 14.0. The van der Waals surface area contributed by atoms with Gasteiger partial charge in [0, 0.05) is 23.0 Å². The van der Waals surface area contributed by atoms with Crippen LogP contribution in [0.1, 0.15) is 32.3 Å². The van der Waals surface area contributed by atoms with Crippen LogP contribution in [0.2, 0.25) is 0 Å². The van der Waals surface area contributed by atoms with Gasteiger partial charge in [-0.15, -0.1) is 0 Å². The number of allylic oxidation sites excluding steroid dienone is 2. The van der Waals surface area contributed by atoms with Crippen molar-refractivity contribution in [2.45, 2.75) is 138 Å². The normalized spacial score (nSPS) is 37.1. The van der Waals surface area contributed by atoms with Crippen LogP contribution in [0.5, 0.6) is 5.75 Å². The lowest BCUT2D eigenvalue weighted by Gasteiger charge is -2.42. The monoisotopic (exact) mass is 1070 g/mol. The molecular weight excluding hydrogens is 1010 g/mol. The number of benzene rings is 1. The third-order valence-corrected chi connectivity index (χ3v) is 13.1. The number of aliphatic hydroxyl groups excluding tert-OH is 10. The van der Waals surface area contributed by atoms with Gasteiger partial charge in [-0.3, -0.25) is 9.59 Å². The highest BCUT2D eigenvalue weighted by molar-refractivity contribution is 5.91. The van der Waals surface area contributed by atoms with E-state index in [9.17, 15) is 75.3 Å². The maximum Gasteiger partial charge on any atom is 0.337 e. The summed E-state index contributed by atoms with van der Waals surface area (Å²) in [6, 6.07) is 6.08. The average molecular weight is 1070 g/mol. The molecule has 5 aliphatic heterocycles. The predicted molar refractivity (Wildman–Crippen MR) is 243 cm³/mol. The minimum absolute atomic E-state index is 0.00290. The van der Waals surface area contributed by atoms with Crippen LogP contribution in [0, 0.1) is 11.8 Å². The molecule has 2 unspecified atom stereocenters. The number of phenols is 1. The Bertz CT molecular complexity index is 2230. The van der Waals surface area contributed by atoms with Crippen LogP contribution in [-0.2, 0) is 82.4 Å². The van der Waals surface area contributed by atoms with E-state index in [1.165, 1.54) is 38.1 Å². The zero-order valence-electron chi connectivity index (χ0n) is 41.0. The molecule has 0 saturated carbocycles. The Morgan fingerprint density at radius 1 is 0.587 bits per heavy atom. The van der Waals surface area contributed by atoms with Crippen molar-refractivity contribution in [2.24, 2.45) is 11.8 Å². The topological polar surface area (TPSA) is 402 Å². The molecule has 5 aliphatic rings. The second kappa shape index (κ2) is 26.7. The van der Waals surface area contributed by atoms with Gasteiger partial charge in [0.15, 0.2) is 25.0 Å². The number of aromatic hydroxyl groups is 1. The molecule has 0 bridgehead atoms. The van der Waals surface area contributed by atoms with E-state index in [0.29, 0.717) is 5.56 Å². The number of hydrogen-bond donors (Lipinski definition) is 11. The fourth-order valence-corrected chi connectivity index (χ4v) is 8.88. The molecule has 3 fully saturated rings. The summed E-state index contributed by atoms with van der Waals surface area (Å²) in [6.45, 7) is 0.552. The minimum atomic E-state index is -2.00. The van der Waals surface area contributed by atoms with E-state index in [1.54, 1.807) is 12.1 Å². The molecule has 19 atom stereocenters. The molecule has 75 heavy (non-hydrogen) atoms. The maximum absolute atomic E-state index is 14.0. The summed E-state index contributed by atoms with van der Waals surface area (Å²) >= 11 is 0. The van der Waals surface area contributed by atoms with Crippen molar-refractivity contribution in [3.63, 3.8) is 0 Å². The first-order chi connectivity index (χ1) is 35.8. The average Bonchev–Trinajstić information content (AvgIpc) is 3.40. The van der Waals surface area contributed by atoms with Crippen LogP contribution in [0.4, 0.5) is 0 Å². The van der Waals surface area contributed by atoms with Crippen molar-refractivity contribution in [2.75, 3.05) is 40.6 Å². The number of phenolic OH excluding ortho intramolecular Hbond substituents is 1. The molecule has 6 rings (SSSR count). The molecule has 27 nitrogen and oxygen atoms in total. The Morgan fingerprint density at radius 2 is 1.04 bits per heavy atom. The Morgan fingerprint density at radius 3 is 1.49 bits per heavy atom. The Balaban J connectivity index is 1.17.